The minimum absolute atomic E-state index is 0.413. The predicted octanol–water partition coefficient (Wildman–Crippen LogP) is 3.34. The number of nitrogens with one attached hydrogen (secondary N) is 1. The van der Waals surface area contributed by atoms with Gasteiger partial charge in [0.1, 0.15) is 0 Å². The molecule has 1 aliphatic carbocycles. The molecular weight excluding hydrogens is 182 g/mol. The molecule has 0 saturated heterocycles. The highest BCUT2D eigenvalue weighted by atomic mass is 15.0. The summed E-state index contributed by atoms with van der Waals surface area (Å²) in [5.41, 5.74) is 4.62. The largest absolute Gasteiger partial charge is 0.307 e. The first-order valence-corrected chi connectivity index (χ1v) is 5.90. The van der Waals surface area contributed by atoms with Gasteiger partial charge in [-0.2, -0.15) is 0 Å². The van der Waals surface area contributed by atoms with Gasteiger partial charge in [0.15, 0.2) is 0 Å². The fourth-order valence-electron chi connectivity index (χ4n) is 2.18. The van der Waals surface area contributed by atoms with Gasteiger partial charge in [0.05, 0.1) is 0 Å². The fraction of sp³-hybridized carbons (Fsp3) is 0.571. The van der Waals surface area contributed by atoms with Crippen LogP contribution in [0.25, 0.3) is 0 Å². The summed E-state index contributed by atoms with van der Waals surface area (Å²) < 4.78 is 0. The number of hydrogen-bond acceptors (Lipinski definition) is 1. The van der Waals surface area contributed by atoms with E-state index in [1.54, 1.807) is 0 Å². The highest BCUT2D eigenvalue weighted by Gasteiger charge is 2.30. The Bertz CT molecular complexity index is 350. The molecule has 0 atom stereocenters. The number of benzene rings is 1. The molecule has 1 fully saturated rings. The second kappa shape index (κ2) is 3.97. The summed E-state index contributed by atoms with van der Waals surface area (Å²) in [4.78, 5) is 0. The second-order valence-corrected chi connectivity index (χ2v) is 5.20. The molecular formula is C14H21N. The van der Waals surface area contributed by atoms with Gasteiger partial charge in [-0.3, -0.25) is 0 Å². The Balaban J connectivity index is 2.01. The number of rotatable bonds is 3. The predicted molar refractivity (Wildman–Crippen MR) is 65.0 cm³/mol. The minimum Gasteiger partial charge on any atom is -0.307 e. The second-order valence-electron chi connectivity index (χ2n) is 5.20. The molecule has 0 aliphatic heterocycles. The lowest BCUT2D eigenvalue weighted by atomic mass is 9.78. The van der Waals surface area contributed by atoms with Gasteiger partial charge in [-0.05, 0) is 51.2 Å². The lowest BCUT2D eigenvalue weighted by Crippen LogP contribution is -2.47. The fourth-order valence-corrected chi connectivity index (χ4v) is 2.18. The van der Waals surface area contributed by atoms with Gasteiger partial charge in [0.2, 0.25) is 0 Å². The molecule has 1 saturated carbocycles. The van der Waals surface area contributed by atoms with Crippen molar-refractivity contribution in [1.29, 1.82) is 0 Å². The molecule has 0 unspecified atom stereocenters. The van der Waals surface area contributed by atoms with Crippen LogP contribution in [0, 0.1) is 13.8 Å². The molecule has 1 N–H and O–H groups in total. The van der Waals surface area contributed by atoms with E-state index in [9.17, 15) is 0 Å². The monoisotopic (exact) mass is 203 g/mol. The van der Waals surface area contributed by atoms with Crippen LogP contribution >= 0.6 is 0 Å². The molecule has 1 aliphatic rings. The van der Waals surface area contributed by atoms with E-state index in [-0.39, 0.29) is 0 Å². The molecule has 1 aromatic carbocycles. The minimum atomic E-state index is 0.413. The summed E-state index contributed by atoms with van der Waals surface area (Å²) >= 11 is 0. The van der Waals surface area contributed by atoms with Crippen molar-refractivity contribution in [3.8, 4) is 0 Å². The summed E-state index contributed by atoms with van der Waals surface area (Å²) in [6.07, 6.45) is 4.05. The van der Waals surface area contributed by atoms with E-state index in [2.05, 4.69) is 44.3 Å². The van der Waals surface area contributed by atoms with Crippen molar-refractivity contribution in [2.24, 2.45) is 0 Å². The topological polar surface area (TPSA) is 12.0 Å². The summed E-state index contributed by atoms with van der Waals surface area (Å²) in [5, 5.41) is 3.68. The van der Waals surface area contributed by atoms with Crippen molar-refractivity contribution >= 4 is 0 Å². The van der Waals surface area contributed by atoms with Crippen LogP contribution in [-0.2, 0) is 6.54 Å². The van der Waals surface area contributed by atoms with E-state index in [1.807, 2.05) is 0 Å². The van der Waals surface area contributed by atoms with E-state index >= 15 is 0 Å². The van der Waals surface area contributed by atoms with Gasteiger partial charge >= 0.3 is 0 Å². The smallest absolute Gasteiger partial charge is 0.0213 e. The van der Waals surface area contributed by atoms with Crippen LogP contribution in [0.1, 0.15) is 42.9 Å². The Morgan fingerprint density at radius 3 is 2.60 bits per heavy atom. The first-order chi connectivity index (χ1) is 7.09. The van der Waals surface area contributed by atoms with Crippen LogP contribution < -0.4 is 5.32 Å². The van der Waals surface area contributed by atoms with Crippen molar-refractivity contribution < 1.29 is 0 Å². The average Bonchev–Trinajstić information content (AvgIpc) is 2.17. The number of aryl methyl sites for hydroxylation is 2. The molecule has 1 nitrogen and oxygen atoms in total. The van der Waals surface area contributed by atoms with Gasteiger partial charge < -0.3 is 5.32 Å². The average molecular weight is 203 g/mol. The van der Waals surface area contributed by atoms with Gasteiger partial charge in [-0.25, -0.2) is 0 Å². The standard InChI is InChI=1S/C14H21N/c1-11-5-6-12(2)13(9-11)10-15-14(3)7-4-8-14/h5-6,9,15H,4,7-8,10H2,1-3H3. The molecule has 0 radical (unpaired) electrons. The van der Waals surface area contributed by atoms with Crippen LogP contribution in [0.15, 0.2) is 18.2 Å². The summed E-state index contributed by atoms with van der Waals surface area (Å²) in [6.45, 7) is 7.71. The van der Waals surface area contributed by atoms with Crippen molar-refractivity contribution in [3.05, 3.63) is 34.9 Å². The molecule has 0 heterocycles. The normalized spacial score (nSPS) is 18.6. The lowest BCUT2D eigenvalue weighted by molar-refractivity contribution is 0.206. The quantitative estimate of drug-likeness (QED) is 0.794. The third-order valence-electron chi connectivity index (χ3n) is 3.67. The van der Waals surface area contributed by atoms with Crippen molar-refractivity contribution in [1.82, 2.24) is 5.32 Å². The van der Waals surface area contributed by atoms with Crippen LogP contribution in [0.3, 0.4) is 0 Å². The Kier molecular flexibility index (Phi) is 2.83. The Morgan fingerprint density at radius 1 is 1.27 bits per heavy atom. The molecule has 15 heavy (non-hydrogen) atoms. The van der Waals surface area contributed by atoms with Crippen LogP contribution in [0.2, 0.25) is 0 Å². The van der Waals surface area contributed by atoms with Crippen LogP contribution in [0.4, 0.5) is 0 Å². The molecule has 0 spiro atoms. The molecule has 2 rings (SSSR count). The van der Waals surface area contributed by atoms with E-state index in [0.717, 1.165) is 6.54 Å². The van der Waals surface area contributed by atoms with Gasteiger partial charge in [-0.15, -0.1) is 0 Å². The molecule has 1 heteroatoms. The SMILES string of the molecule is Cc1ccc(C)c(CNC2(C)CCC2)c1. The Morgan fingerprint density at radius 2 is 2.00 bits per heavy atom. The van der Waals surface area contributed by atoms with Crippen molar-refractivity contribution in [2.45, 2.75) is 52.1 Å². The zero-order chi connectivity index (χ0) is 10.9. The van der Waals surface area contributed by atoms with Gasteiger partial charge in [0, 0.05) is 12.1 Å². The zero-order valence-corrected chi connectivity index (χ0v) is 10.1. The van der Waals surface area contributed by atoms with Crippen molar-refractivity contribution in [2.75, 3.05) is 0 Å². The maximum absolute atomic E-state index is 3.68. The zero-order valence-electron chi connectivity index (χ0n) is 10.1. The highest BCUT2D eigenvalue weighted by Crippen LogP contribution is 2.31. The molecule has 82 valence electrons. The van der Waals surface area contributed by atoms with Crippen LogP contribution in [0.5, 0.6) is 0 Å². The first-order valence-electron chi connectivity index (χ1n) is 5.90. The maximum Gasteiger partial charge on any atom is 0.0213 e. The summed E-state index contributed by atoms with van der Waals surface area (Å²) in [7, 11) is 0. The van der Waals surface area contributed by atoms with E-state index < -0.39 is 0 Å². The third-order valence-corrected chi connectivity index (χ3v) is 3.67. The molecule has 1 aromatic rings. The molecule has 0 aromatic heterocycles. The molecule has 0 bridgehead atoms. The van der Waals surface area contributed by atoms with E-state index in [1.165, 1.54) is 36.0 Å². The van der Waals surface area contributed by atoms with E-state index in [0.29, 0.717) is 5.54 Å². The Labute approximate surface area is 92.9 Å². The van der Waals surface area contributed by atoms with Crippen molar-refractivity contribution in [3.63, 3.8) is 0 Å². The third kappa shape index (κ3) is 2.40. The van der Waals surface area contributed by atoms with Crippen LogP contribution in [-0.4, -0.2) is 5.54 Å². The van der Waals surface area contributed by atoms with E-state index in [4.69, 9.17) is 0 Å². The summed E-state index contributed by atoms with van der Waals surface area (Å²) in [6, 6.07) is 6.70. The molecule has 0 amide bonds. The van der Waals surface area contributed by atoms with Gasteiger partial charge in [-0.1, -0.05) is 23.8 Å². The first kappa shape index (κ1) is 10.7. The highest BCUT2D eigenvalue weighted by molar-refractivity contribution is 5.30. The number of hydrogen-bond donors (Lipinski definition) is 1. The Hall–Kier alpha value is -0.820. The van der Waals surface area contributed by atoms with Gasteiger partial charge in [0.25, 0.3) is 0 Å². The lowest BCUT2D eigenvalue weighted by Gasteiger charge is -2.39. The summed E-state index contributed by atoms with van der Waals surface area (Å²) in [5.74, 6) is 0. The maximum atomic E-state index is 3.68.